The summed E-state index contributed by atoms with van der Waals surface area (Å²) in [6.45, 7) is -0.0716. The highest BCUT2D eigenvalue weighted by atomic mass is 32.2. The predicted octanol–water partition coefficient (Wildman–Crippen LogP) is 3.09. The summed E-state index contributed by atoms with van der Waals surface area (Å²) in [5.74, 6) is -0.281. The van der Waals surface area contributed by atoms with Crippen molar-refractivity contribution in [3.05, 3.63) is 30.1 Å². The Morgan fingerprint density at radius 3 is 2.62 bits per heavy atom. The molecule has 3 rings (SSSR count). The van der Waals surface area contributed by atoms with Crippen LogP contribution < -0.4 is 4.74 Å². The smallest absolute Gasteiger partial charge is 0.261 e. The molecule has 2 aliphatic rings. The van der Waals surface area contributed by atoms with Gasteiger partial charge in [-0.1, -0.05) is 12.1 Å². The summed E-state index contributed by atoms with van der Waals surface area (Å²) >= 11 is 1.90. The molecule has 1 aromatic rings. The highest BCUT2D eigenvalue weighted by Crippen LogP contribution is 2.39. The zero-order valence-electron chi connectivity index (χ0n) is 12.1. The number of piperidine rings is 1. The van der Waals surface area contributed by atoms with Gasteiger partial charge in [0.25, 0.3) is 5.91 Å². The molecule has 1 aromatic carbocycles. The number of amides is 1. The van der Waals surface area contributed by atoms with Crippen molar-refractivity contribution in [2.75, 3.05) is 12.9 Å². The third-order valence-electron chi connectivity index (χ3n) is 4.50. The van der Waals surface area contributed by atoms with E-state index in [1.54, 1.807) is 18.2 Å². The minimum Gasteiger partial charge on any atom is -0.481 e. The predicted molar refractivity (Wildman–Crippen MR) is 82.1 cm³/mol. The second-order valence-corrected chi connectivity index (χ2v) is 6.87. The Morgan fingerprint density at radius 1 is 1.33 bits per heavy atom. The summed E-state index contributed by atoms with van der Waals surface area (Å²) in [4.78, 5) is 14.4. The standard InChI is InChI=1S/C16H20FNO2S/c1-21-13-8-11-6-7-12(9-13)18(11)16(19)10-20-15-5-3-2-4-14(15)17/h2-5,11-13H,6-10H2,1H3/t11-,12+,13?. The van der Waals surface area contributed by atoms with E-state index in [1.807, 2.05) is 16.7 Å². The van der Waals surface area contributed by atoms with E-state index in [4.69, 9.17) is 4.74 Å². The molecular formula is C16H20FNO2S. The Morgan fingerprint density at radius 2 is 2.00 bits per heavy atom. The van der Waals surface area contributed by atoms with Gasteiger partial charge in [0.1, 0.15) is 0 Å². The number of rotatable bonds is 4. The third kappa shape index (κ3) is 3.03. The first kappa shape index (κ1) is 14.7. The van der Waals surface area contributed by atoms with Crippen LogP contribution in [0.15, 0.2) is 24.3 Å². The van der Waals surface area contributed by atoms with Gasteiger partial charge in [-0.25, -0.2) is 4.39 Å². The van der Waals surface area contributed by atoms with Gasteiger partial charge in [-0.2, -0.15) is 11.8 Å². The lowest BCUT2D eigenvalue weighted by Crippen LogP contribution is -2.49. The van der Waals surface area contributed by atoms with Gasteiger partial charge in [-0.3, -0.25) is 4.79 Å². The fourth-order valence-electron chi connectivity index (χ4n) is 3.50. The molecule has 0 aliphatic carbocycles. The third-order valence-corrected chi connectivity index (χ3v) is 5.55. The van der Waals surface area contributed by atoms with Crippen LogP contribution in [0.3, 0.4) is 0 Å². The summed E-state index contributed by atoms with van der Waals surface area (Å²) in [6.07, 6.45) is 6.47. The van der Waals surface area contributed by atoms with Crippen molar-refractivity contribution in [3.63, 3.8) is 0 Å². The number of carbonyl (C=O) groups is 1. The number of hydrogen-bond donors (Lipinski definition) is 0. The Kier molecular flexibility index (Phi) is 4.38. The van der Waals surface area contributed by atoms with Crippen LogP contribution >= 0.6 is 11.8 Å². The maximum Gasteiger partial charge on any atom is 0.261 e. The normalized spacial score (nSPS) is 27.7. The van der Waals surface area contributed by atoms with E-state index in [0.29, 0.717) is 17.3 Å². The van der Waals surface area contributed by atoms with E-state index in [2.05, 4.69) is 6.26 Å². The molecule has 3 atom stereocenters. The average Bonchev–Trinajstić information content (AvgIpc) is 2.76. The molecule has 5 heteroatoms. The van der Waals surface area contributed by atoms with Crippen molar-refractivity contribution < 1.29 is 13.9 Å². The first-order chi connectivity index (χ1) is 10.2. The van der Waals surface area contributed by atoms with Crippen molar-refractivity contribution in [2.45, 2.75) is 43.0 Å². The summed E-state index contributed by atoms with van der Waals surface area (Å²) in [6, 6.07) is 6.90. The number of benzene rings is 1. The summed E-state index contributed by atoms with van der Waals surface area (Å²) in [5, 5.41) is 0.666. The Bertz CT molecular complexity index is 511. The van der Waals surface area contributed by atoms with Crippen molar-refractivity contribution in [3.8, 4) is 5.75 Å². The minimum atomic E-state index is -0.422. The molecule has 3 nitrogen and oxygen atoms in total. The van der Waals surface area contributed by atoms with Gasteiger partial charge in [0.2, 0.25) is 0 Å². The fourth-order valence-corrected chi connectivity index (χ4v) is 4.33. The lowest BCUT2D eigenvalue weighted by molar-refractivity contribution is -0.137. The number of halogens is 1. The minimum absolute atomic E-state index is 0.00898. The SMILES string of the molecule is CSC1C[C@H]2CC[C@@H](C1)N2C(=O)COc1ccccc1F. The maximum atomic E-state index is 13.5. The number of ether oxygens (including phenoxy) is 1. The topological polar surface area (TPSA) is 29.5 Å². The lowest BCUT2D eigenvalue weighted by Gasteiger charge is -2.38. The second kappa shape index (κ2) is 6.26. The van der Waals surface area contributed by atoms with E-state index in [9.17, 15) is 9.18 Å². The summed E-state index contributed by atoms with van der Waals surface area (Å²) < 4.78 is 18.9. The molecule has 2 bridgehead atoms. The highest BCUT2D eigenvalue weighted by molar-refractivity contribution is 7.99. The van der Waals surface area contributed by atoms with Crippen LogP contribution in [0.2, 0.25) is 0 Å². The van der Waals surface area contributed by atoms with E-state index in [-0.39, 0.29) is 18.3 Å². The second-order valence-electron chi connectivity index (χ2n) is 5.73. The number of thioether (sulfide) groups is 1. The molecule has 114 valence electrons. The van der Waals surface area contributed by atoms with Crippen LogP contribution in [0, 0.1) is 5.82 Å². The Labute approximate surface area is 128 Å². The lowest BCUT2D eigenvalue weighted by atomic mass is 10.0. The number of carbonyl (C=O) groups excluding carboxylic acids is 1. The number of hydrogen-bond acceptors (Lipinski definition) is 3. The first-order valence-electron chi connectivity index (χ1n) is 7.40. The van der Waals surface area contributed by atoms with E-state index in [0.717, 1.165) is 25.7 Å². The molecule has 0 saturated carbocycles. The van der Waals surface area contributed by atoms with Gasteiger partial charge < -0.3 is 9.64 Å². The van der Waals surface area contributed by atoms with Crippen LogP contribution in [0.5, 0.6) is 5.75 Å². The summed E-state index contributed by atoms with van der Waals surface area (Å²) in [7, 11) is 0. The van der Waals surface area contributed by atoms with E-state index >= 15 is 0 Å². The zero-order valence-corrected chi connectivity index (χ0v) is 12.9. The fraction of sp³-hybridized carbons (Fsp3) is 0.562. The van der Waals surface area contributed by atoms with Crippen LogP contribution in [-0.4, -0.2) is 41.0 Å². The molecule has 2 heterocycles. The quantitative estimate of drug-likeness (QED) is 0.856. The zero-order chi connectivity index (χ0) is 14.8. The van der Waals surface area contributed by atoms with Gasteiger partial charge in [-0.15, -0.1) is 0 Å². The van der Waals surface area contributed by atoms with E-state index < -0.39 is 5.82 Å². The molecule has 0 radical (unpaired) electrons. The molecule has 2 fully saturated rings. The Balaban J connectivity index is 1.60. The maximum absolute atomic E-state index is 13.5. The van der Waals surface area contributed by atoms with Crippen molar-refractivity contribution >= 4 is 17.7 Å². The van der Waals surface area contributed by atoms with Gasteiger partial charge in [0.05, 0.1) is 0 Å². The number of para-hydroxylation sites is 1. The molecule has 1 unspecified atom stereocenters. The molecule has 1 amide bonds. The highest BCUT2D eigenvalue weighted by Gasteiger charge is 2.42. The molecule has 0 aromatic heterocycles. The molecular weight excluding hydrogens is 289 g/mol. The van der Waals surface area contributed by atoms with Gasteiger partial charge in [-0.05, 0) is 44.1 Å². The van der Waals surface area contributed by atoms with E-state index in [1.165, 1.54) is 6.07 Å². The molecule has 0 N–H and O–H groups in total. The monoisotopic (exact) mass is 309 g/mol. The van der Waals surface area contributed by atoms with Crippen molar-refractivity contribution in [1.29, 1.82) is 0 Å². The number of fused-ring (bicyclic) bond motifs is 2. The average molecular weight is 309 g/mol. The van der Waals surface area contributed by atoms with Gasteiger partial charge in [0.15, 0.2) is 18.2 Å². The van der Waals surface area contributed by atoms with Gasteiger partial charge in [0, 0.05) is 17.3 Å². The molecule has 21 heavy (non-hydrogen) atoms. The molecule has 2 saturated heterocycles. The molecule has 2 aliphatic heterocycles. The first-order valence-corrected chi connectivity index (χ1v) is 8.69. The van der Waals surface area contributed by atoms with Crippen molar-refractivity contribution in [1.82, 2.24) is 4.90 Å². The number of nitrogens with zero attached hydrogens (tertiary/aromatic N) is 1. The van der Waals surface area contributed by atoms with Crippen LogP contribution in [0.4, 0.5) is 4.39 Å². The van der Waals surface area contributed by atoms with Crippen LogP contribution in [0.1, 0.15) is 25.7 Å². The van der Waals surface area contributed by atoms with Gasteiger partial charge >= 0.3 is 0 Å². The summed E-state index contributed by atoms with van der Waals surface area (Å²) in [5.41, 5.74) is 0. The van der Waals surface area contributed by atoms with Crippen LogP contribution in [0.25, 0.3) is 0 Å². The largest absolute Gasteiger partial charge is 0.481 e. The van der Waals surface area contributed by atoms with Crippen LogP contribution in [-0.2, 0) is 4.79 Å². The Hall–Kier alpha value is -1.23. The van der Waals surface area contributed by atoms with Crippen molar-refractivity contribution in [2.24, 2.45) is 0 Å². The molecule has 0 spiro atoms.